The minimum atomic E-state index is -1.00. The van der Waals surface area contributed by atoms with Crippen molar-refractivity contribution in [1.82, 2.24) is 15.5 Å². The van der Waals surface area contributed by atoms with E-state index >= 15 is 0 Å². The molecular formula is C26H41N3O6S. The molecule has 0 spiro atoms. The summed E-state index contributed by atoms with van der Waals surface area (Å²) >= 11 is 1.55. The van der Waals surface area contributed by atoms with Gasteiger partial charge >= 0.3 is 12.1 Å². The summed E-state index contributed by atoms with van der Waals surface area (Å²) in [5, 5.41) is 5.29. The second kappa shape index (κ2) is 14.7. The fourth-order valence-electron chi connectivity index (χ4n) is 3.49. The molecule has 36 heavy (non-hydrogen) atoms. The highest BCUT2D eigenvalue weighted by atomic mass is 32.2. The minimum Gasteiger partial charge on any atom is -0.468 e. The number of aryl methyl sites for hydroxylation is 2. The Morgan fingerprint density at radius 1 is 1.11 bits per heavy atom. The molecule has 3 amide bonds. The van der Waals surface area contributed by atoms with E-state index in [1.807, 2.05) is 39.2 Å². The van der Waals surface area contributed by atoms with Crippen molar-refractivity contribution in [3.63, 3.8) is 0 Å². The predicted molar refractivity (Wildman–Crippen MR) is 142 cm³/mol. The first-order valence-electron chi connectivity index (χ1n) is 12.0. The molecule has 2 unspecified atom stereocenters. The van der Waals surface area contributed by atoms with Crippen LogP contribution in [0.1, 0.15) is 63.3 Å². The van der Waals surface area contributed by atoms with Crippen LogP contribution in [-0.2, 0) is 23.9 Å². The molecule has 0 aliphatic rings. The smallest absolute Gasteiger partial charge is 0.408 e. The molecule has 0 aromatic heterocycles. The molecule has 1 aromatic rings. The van der Waals surface area contributed by atoms with Crippen LogP contribution < -0.4 is 10.6 Å². The van der Waals surface area contributed by atoms with Crippen LogP contribution in [-0.4, -0.2) is 72.6 Å². The van der Waals surface area contributed by atoms with E-state index in [2.05, 4.69) is 15.4 Å². The molecule has 1 aromatic carbocycles. The van der Waals surface area contributed by atoms with Crippen LogP contribution in [0.5, 0.6) is 0 Å². The van der Waals surface area contributed by atoms with Crippen LogP contribution in [0.2, 0.25) is 0 Å². The van der Waals surface area contributed by atoms with Gasteiger partial charge < -0.3 is 25.0 Å². The van der Waals surface area contributed by atoms with Gasteiger partial charge in [-0.2, -0.15) is 11.8 Å². The Bertz CT molecular complexity index is 915. The molecule has 0 bridgehead atoms. The lowest BCUT2D eigenvalue weighted by Crippen LogP contribution is -2.53. The van der Waals surface area contributed by atoms with Crippen molar-refractivity contribution in [2.75, 3.05) is 32.2 Å². The number of amides is 3. The Morgan fingerprint density at radius 2 is 1.78 bits per heavy atom. The average molecular weight is 524 g/mol. The highest BCUT2D eigenvalue weighted by Gasteiger charge is 2.36. The molecule has 0 heterocycles. The quantitative estimate of drug-likeness (QED) is 0.403. The van der Waals surface area contributed by atoms with Gasteiger partial charge in [0.15, 0.2) is 0 Å². The normalized spacial score (nSPS) is 12.8. The van der Waals surface area contributed by atoms with Gasteiger partial charge in [0.05, 0.1) is 7.11 Å². The van der Waals surface area contributed by atoms with Crippen LogP contribution in [0, 0.1) is 13.8 Å². The largest absolute Gasteiger partial charge is 0.468 e. The summed E-state index contributed by atoms with van der Waals surface area (Å²) in [6.07, 6.45) is 2.16. The third kappa shape index (κ3) is 10.1. The van der Waals surface area contributed by atoms with Crippen LogP contribution in [0.3, 0.4) is 0 Å². The Hall–Kier alpha value is -2.75. The summed E-state index contributed by atoms with van der Waals surface area (Å²) in [7, 11) is 1.24. The van der Waals surface area contributed by atoms with Gasteiger partial charge in [0.1, 0.15) is 24.2 Å². The topological polar surface area (TPSA) is 114 Å². The minimum absolute atomic E-state index is 0.272. The monoisotopic (exact) mass is 523 g/mol. The maximum absolute atomic E-state index is 13.9. The number of alkyl carbamates (subject to hydrolysis) is 1. The Morgan fingerprint density at radius 3 is 2.31 bits per heavy atom. The van der Waals surface area contributed by atoms with Crippen LogP contribution in [0.15, 0.2) is 18.2 Å². The van der Waals surface area contributed by atoms with E-state index in [1.165, 1.54) is 12.0 Å². The lowest BCUT2D eigenvalue weighted by atomic mass is 9.98. The number of carbonyl (C=O) groups excluding carboxylic acids is 4. The number of ether oxygens (including phenoxy) is 2. The van der Waals surface area contributed by atoms with Gasteiger partial charge in [-0.05, 0) is 76.2 Å². The predicted octanol–water partition coefficient (Wildman–Crippen LogP) is 3.52. The van der Waals surface area contributed by atoms with Crippen molar-refractivity contribution >= 4 is 35.6 Å². The number of thioether (sulfide) groups is 1. The van der Waals surface area contributed by atoms with Crippen molar-refractivity contribution in [3.05, 3.63) is 34.9 Å². The molecule has 0 aliphatic carbocycles. The highest BCUT2D eigenvalue weighted by molar-refractivity contribution is 7.98. The zero-order valence-corrected chi connectivity index (χ0v) is 23.5. The number of rotatable bonds is 12. The molecule has 2 atom stereocenters. The Balaban J connectivity index is 3.43. The molecule has 2 N–H and O–H groups in total. The van der Waals surface area contributed by atoms with Crippen molar-refractivity contribution in [2.24, 2.45) is 0 Å². The summed E-state index contributed by atoms with van der Waals surface area (Å²) in [6.45, 7) is 11.0. The Kier molecular flexibility index (Phi) is 12.8. The number of hydrogen-bond acceptors (Lipinski definition) is 7. The average Bonchev–Trinajstić information content (AvgIpc) is 2.80. The third-order valence-electron chi connectivity index (χ3n) is 5.39. The van der Waals surface area contributed by atoms with E-state index < -0.39 is 41.6 Å². The SMILES string of the molecule is CCCN(C(=O)C(CCSC)NC(=O)OC(C)(C)C)C(C(=O)NCC(=O)OC)c1ccc(C)c(C)c1. The first-order chi connectivity index (χ1) is 16.8. The number of nitrogens with zero attached hydrogens (tertiary/aromatic N) is 1. The van der Waals surface area contributed by atoms with Gasteiger partial charge in [-0.25, -0.2) is 4.79 Å². The van der Waals surface area contributed by atoms with Gasteiger partial charge in [0, 0.05) is 6.54 Å². The van der Waals surface area contributed by atoms with E-state index in [-0.39, 0.29) is 13.1 Å². The molecule has 0 saturated heterocycles. The van der Waals surface area contributed by atoms with E-state index in [4.69, 9.17) is 4.74 Å². The van der Waals surface area contributed by atoms with Gasteiger partial charge in [-0.1, -0.05) is 25.1 Å². The van der Waals surface area contributed by atoms with Crippen LogP contribution >= 0.6 is 11.8 Å². The number of methoxy groups -OCH3 is 1. The molecule has 0 fully saturated rings. The molecular weight excluding hydrogens is 482 g/mol. The highest BCUT2D eigenvalue weighted by Crippen LogP contribution is 2.26. The molecule has 0 saturated carbocycles. The summed E-state index contributed by atoms with van der Waals surface area (Å²) in [5.41, 5.74) is 1.90. The second-order valence-electron chi connectivity index (χ2n) is 9.55. The van der Waals surface area contributed by atoms with E-state index in [1.54, 1.807) is 38.6 Å². The summed E-state index contributed by atoms with van der Waals surface area (Å²) in [6, 6.07) is 3.68. The van der Waals surface area contributed by atoms with Crippen molar-refractivity contribution in [2.45, 2.75) is 72.1 Å². The van der Waals surface area contributed by atoms with Crippen LogP contribution in [0.4, 0.5) is 4.79 Å². The van der Waals surface area contributed by atoms with Crippen LogP contribution in [0.25, 0.3) is 0 Å². The van der Waals surface area contributed by atoms with Gasteiger partial charge in [0.2, 0.25) is 11.8 Å². The number of esters is 1. The first kappa shape index (κ1) is 31.3. The van der Waals surface area contributed by atoms with Gasteiger partial charge in [-0.3, -0.25) is 14.4 Å². The zero-order chi connectivity index (χ0) is 27.5. The van der Waals surface area contributed by atoms with Crippen molar-refractivity contribution < 1.29 is 28.7 Å². The van der Waals surface area contributed by atoms with Gasteiger partial charge in [0.25, 0.3) is 0 Å². The molecule has 10 heteroatoms. The number of hydrogen-bond donors (Lipinski definition) is 2. The van der Waals surface area contributed by atoms with Crippen molar-refractivity contribution in [3.8, 4) is 0 Å². The van der Waals surface area contributed by atoms with E-state index in [9.17, 15) is 19.2 Å². The molecule has 1 rings (SSSR count). The lowest BCUT2D eigenvalue weighted by molar-refractivity contribution is -0.144. The summed E-state index contributed by atoms with van der Waals surface area (Å²) < 4.78 is 10.0. The number of benzene rings is 1. The molecule has 9 nitrogen and oxygen atoms in total. The second-order valence-corrected chi connectivity index (χ2v) is 10.5. The van der Waals surface area contributed by atoms with Crippen molar-refractivity contribution in [1.29, 1.82) is 0 Å². The first-order valence-corrected chi connectivity index (χ1v) is 13.4. The van der Waals surface area contributed by atoms with E-state index in [0.717, 1.165) is 11.1 Å². The Labute approximate surface area is 219 Å². The maximum Gasteiger partial charge on any atom is 0.408 e. The lowest BCUT2D eigenvalue weighted by Gasteiger charge is -2.34. The van der Waals surface area contributed by atoms with Gasteiger partial charge in [-0.15, -0.1) is 0 Å². The van der Waals surface area contributed by atoms with E-state index in [0.29, 0.717) is 24.2 Å². The third-order valence-corrected chi connectivity index (χ3v) is 6.03. The molecule has 0 aliphatic heterocycles. The number of carbonyl (C=O) groups is 4. The molecule has 202 valence electrons. The number of nitrogens with one attached hydrogen (secondary N) is 2. The fourth-order valence-corrected chi connectivity index (χ4v) is 3.96. The fraction of sp³-hybridized carbons (Fsp3) is 0.615. The summed E-state index contributed by atoms with van der Waals surface area (Å²) in [4.78, 5) is 53.0. The zero-order valence-electron chi connectivity index (χ0n) is 22.7. The standard InChI is InChI=1S/C26H41N3O6S/c1-9-13-29(24(32)20(12-14-36-8)28-25(33)35-26(4,5)6)22(23(31)27-16-21(30)34-7)19-11-10-17(2)18(3)15-19/h10-11,15,20,22H,9,12-14,16H2,1-8H3,(H,27,31)(H,28,33). The maximum atomic E-state index is 13.9. The molecule has 0 radical (unpaired) electrons. The summed E-state index contributed by atoms with van der Waals surface area (Å²) in [5.74, 6) is -0.880.